The number of nitrogens with one attached hydrogen (secondary N) is 1. The molecule has 2 atom stereocenters. The molecule has 0 fully saturated rings. The average Bonchev–Trinajstić information content (AvgIpc) is 3.01. The number of aromatic carboxylic acids is 1. The number of hydrogen-bond acceptors (Lipinski definition) is 2. The normalized spacial score (nSPS) is 19.7. The van der Waals surface area contributed by atoms with Crippen molar-refractivity contribution in [2.24, 2.45) is 0 Å². The number of carboxylic acids is 1. The van der Waals surface area contributed by atoms with Crippen LogP contribution in [-0.4, -0.2) is 40.0 Å². The number of alkyl halides is 2. The lowest BCUT2D eigenvalue weighted by Crippen LogP contribution is -2.45. The third-order valence-corrected chi connectivity index (χ3v) is 5.47. The maximum atomic E-state index is 14.9. The van der Waals surface area contributed by atoms with E-state index in [-0.39, 0.29) is 0 Å². The first kappa shape index (κ1) is 19.4. The van der Waals surface area contributed by atoms with Crippen molar-refractivity contribution in [2.75, 3.05) is 6.54 Å². The number of H-pyrrole nitrogens is 1. The van der Waals surface area contributed by atoms with E-state index in [0.717, 1.165) is 28.6 Å². The summed E-state index contributed by atoms with van der Waals surface area (Å²) < 4.78 is 56.5. The van der Waals surface area contributed by atoms with Gasteiger partial charge in [-0.05, 0) is 37.1 Å². The van der Waals surface area contributed by atoms with Gasteiger partial charge in [0.1, 0.15) is 11.6 Å². The van der Waals surface area contributed by atoms with Crippen LogP contribution < -0.4 is 0 Å². The highest BCUT2D eigenvalue weighted by molar-refractivity contribution is 5.88. The molecule has 8 heteroatoms. The molecule has 4 rings (SSSR count). The molecule has 0 radical (unpaired) electrons. The molecule has 152 valence electrons. The molecule has 0 aliphatic carbocycles. The average molecular weight is 406 g/mol. The number of nitrogens with zero attached hydrogens (tertiary/aromatic N) is 1. The number of halogens is 4. The van der Waals surface area contributed by atoms with Crippen molar-refractivity contribution < 1.29 is 27.5 Å². The summed E-state index contributed by atoms with van der Waals surface area (Å²) in [5, 5.41) is 9.93. The van der Waals surface area contributed by atoms with Crippen LogP contribution in [0.15, 0.2) is 36.4 Å². The second-order valence-corrected chi connectivity index (χ2v) is 7.27. The predicted octanol–water partition coefficient (Wildman–Crippen LogP) is 4.75. The summed E-state index contributed by atoms with van der Waals surface area (Å²) >= 11 is 0. The summed E-state index contributed by atoms with van der Waals surface area (Å²) in [6, 6.07) is 7.25. The molecule has 1 aliphatic rings. The number of hydrogen-bond donors (Lipinski definition) is 2. The Hall–Kier alpha value is -2.87. The summed E-state index contributed by atoms with van der Waals surface area (Å²) in [6.45, 7) is 1.07. The zero-order valence-corrected chi connectivity index (χ0v) is 15.4. The number of rotatable bonds is 4. The zero-order valence-electron chi connectivity index (χ0n) is 15.4. The maximum absolute atomic E-state index is 14.9. The van der Waals surface area contributed by atoms with Gasteiger partial charge in [0.25, 0.3) is 6.43 Å². The standard InChI is InChI=1S/C21H18F4N2O2/c1-10-6-13-12-4-2-3-5-16(12)26-19(13)20(27(10)9-17(24)25)18-14(22)7-11(21(28)29)8-15(18)23/h2-5,7-8,10,17,20,26H,6,9H2,1H3,(H,28,29)/t10-,20-/m1/s1. The van der Waals surface area contributed by atoms with E-state index in [2.05, 4.69) is 4.98 Å². The highest BCUT2D eigenvalue weighted by Gasteiger charge is 2.39. The van der Waals surface area contributed by atoms with Gasteiger partial charge >= 0.3 is 5.97 Å². The van der Waals surface area contributed by atoms with Gasteiger partial charge in [0.15, 0.2) is 0 Å². The minimum atomic E-state index is -2.70. The highest BCUT2D eigenvalue weighted by atomic mass is 19.3. The molecule has 1 aromatic heterocycles. The van der Waals surface area contributed by atoms with E-state index in [1.54, 1.807) is 6.92 Å². The van der Waals surface area contributed by atoms with E-state index in [1.807, 2.05) is 24.3 Å². The van der Waals surface area contributed by atoms with Gasteiger partial charge in [0.05, 0.1) is 18.2 Å². The lowest BCUT2D eigenvalue weighted by molar-refractivity contribution is 0.0437. The van der Waals surface area contributed by atoms with E-state index in [4.69, 9.17) is 5.11 Å². The zero-order chi connectivity index (χ0) is 20.9. The fourth-order valence-corrected chi connectivity index (χ4v) is 4.23. The van der Waals surface area contributed by atoms with Crippen molar-refractivity contribution in [3.05, 3.63) is 70.4 Å². The van der Waals surface area contributed by atoms with Gasteiger partial charge in [-0.2, -0.15) is 0 Å². The van der Waals surface area contributed by atoms with Crippen molar-refractivity contribution in [1.29, 1.82) is 0 Å². The SMILES string of the molecule is C[C@@H]1Cc2c([nH]c3ccccc23)[C@@H](c2c(F)cc(C(=O)O)cc2F)N1CC(F)F. The van der Waals surface area contributed by atoms with Crippen LogP contribution in [-0.2, 0) is 6.42 Å². The van der Waals surface area contributed by atoms with Crippen LogP contribution in [0.1, 0.15) is 40.1 Å². The Bertz CT molecular complexity index is 1070. The first-order valence-corrected chi connectivity index (χ1v) is 9.13. The van der Waals surface area contributed by atoms with Gasteiger partial charge in [-0.3, -0.25) is 4.90 Å². The monoisotopic (exact) mass is 406 g/mol. The van der Waals surface area contributed by atoms with Gasteiger partial charge in [-0.15, -0.1) is 0 Å². The second-order valence-electron chi connectivity index (χ2n) is 7.27. The Balaban J connectivity index is 1.96. The van der Waals surface area contributed by atoms with Gasteiger partial charge in [-0.1, -0.05) is 18.2 Å². The molecule has 29 heavy (non-hydrogen) atoms. The van der Waals surface area contributed by atoms with Gasteiger partial charge in [0.2, 0.25) is 0 Å². The molecule has 2 heterocycles. The van der Waals surface area contributed by atoms with Crippen molar-refractivity contribution in [1.82, 2.24) is 9.88 Å². The van der Waals surface area contributed by atoms with Crippen LogP contribution in [0.3, 0.4) is 0 Å². The Morgan fingerprint density at radius 2 is 1.90 bits per heavy atom. The molecule has 0 amide bonds. The van der Waals surface area contributed by atoms with Gasteiger partial charge < -0.3 is 10.1 Å². The Labute approximate surface area is 163 Å². The van der Waals surface area contributed by atoms with Crippen molar-refractivity contribution in [3.63, 3.8) is 0 Å². The van der Waals surface area contributed by atoms with E-state index in [0.29, 0.717) is 12.1 Å². The number of aromatic amines is 1. The Morgan fingerprint density at radius 3 is 2.52 bits per heavy atom. The fourth-order valence-electron chi connectivity index (χ4n) is 4.23. The minimum absolute atomic E-state index is 0.404. The molecule has 4 nitrogen and oxygen atoms in total. The molecule has 2 aromatic carbocycles. The molecule has 0 unspecified atom stereocenters. The largest absolute Gasteiger partial charge is 0.478 e. The summed E-state index contributed by atoms with van der Waals surface area (Å²) in [5.41, 5.74) is 1.05. The van der Waals surface area contributed by atoms with Gasteiger partial charge in [-0.25, -0.2) is 22.4 Å². The number of carboxylic acid groups (broad SMARTS) is 1. The van der Waals surface area contributed by atoms with E-state index >= 15 is 0 Å². The van der Waals surface area contributed by atoms with Crippen LogP contribution in [0.4, 0.5) is 17.6 Å². The third kappa shape index (κ3) is 3.27. The number of aromatic nitrogens is 1. The lowest BCUT2D eigenvalue weighted by Gasteiger charge is -2.40. The number of fused-ring (bicyclic) bond motifs is 3. The topological polar surface area (TPSA) is 56.3 Å². The third-order valence-electron chi connectivity index (χ3n) is 5.47. The molecule has 0 bridgehead atoms. The van der Waals surface area contributed by atoms with Crippen molar-refractivity contribution >= 4 is 16.9 Å². The van der Waals surface area contributed by atoms with Crippen LogP contribution in [0.5, 0.6) is 0 Å². The first-order valence-electron chi connectivity index (χ1n) is 9.13. The van der Waals surface area contributed by atoms with Crippen molar-refractivity contribution in [2.45, 2.75) is 31.9 Å². The molecular formula is C21H18F4N2O2. The maximum Gasteiger partial charge on any atom is 0.335 e. The van der Waals surface area contributed by atoms with Gasteiger partial charge in [0, 0.05) is 28.2 Å². The number of para-hydroxylation sites is 1. The second kappa shape index (κ2) is 7.18. The summed E-state index contributed by atoms with van der Waals surface area (Å²) in [5.74, 6) is -3.63. The van der Waals surface area contributed by atoms with E-state index in [9.17, 15) is 22.4 Å². The first-order chi connectivity index (χ1) is 13.8. The van der Waals surface area contributed by atoms with Crippen LogP contribution >= 0.6 is 0 Å². The van der Waals surface area contributed by atoms with Crippen molar-refractivity contribution in [3.8, 4) is 0 Å². The predicted molar refractivity (Wildman–Crippen MR) is 99.3 cm³/mol. The highest BCUT2D eigenvalue weighted by Crippen LogP contribution is 2.42. The smallest absolute Gasteiger partial charge is 0.335 e. The molecule has 0 spiro atoms. The molecule has 0 saturated carbocycles. The van der Waals surface area contributed by atoms with Crippen LogP contribution in [0.2, 0.25) is 0 Å². The minimum Gasteiger partial charge on any atom is -0.478 e. The number of carbonyl (C=O) groups is 1. The van der Waals surface area contributed by atoms with E-state index in [1.165, 1.54) is 4.90 Å². The quantitative estimate of drug-likeness (QED) is 0.615. The van der Waals surface area contributed by atoms with E-state index < -0.39 is 53.8 Å². The number of benzene rings is 2. The lowest BCUT2D eigenvalue weighted by atomic mass is 9.87. The van der Waals surface area contributed by atoms with Crippen LogP contribution in [0.25, 0.3) is 10.9 Å². The summed E-state index contributed by atoms with van der Waals surface area (Å²) in [6.07, 6.45) is -2.26. The molecule has 3 aromatic rings. The molecular weight excluding hydrogens is 388 g/mol. The summed E-state index contributed by atoms with van der Waals surface area (Å²) in [4.78, 5) is 15.6. The fraction of sp³-hybridized carbons (Fsp3) is 0.286. The Morgan fingerprint density at radius 1 is 1.24 bits per heavy atom. The van der Waals surface area contributed by atoms with Crippen LogP contribution in [0, 0.1) is 11.6 Å². The molecule has 2 N–H and O–H groups in total. The molecule has 0 saturated heterocycles. The Kier molecular flexibility index (Phi) is 4.82. The molecule has 1 aliphatic heterocycles. The summed E-state index contributed by atoms with van der Waals surface area (Å²) in [7, 11) is 0.